The number of nitrogens with zero attached hydrogens (tertiary/aromatic N) is 5. The number of piperazine rings is 1. The Morgan fingerprint density at radius 3 is 2.46 bits per heavy atom. The standard InChI is InChI=1S/C18H25N5O/c1-14-12-21-16(13-20-14)18(24)23-9-7-22(8-10-23)17(11-19)15-5-3-2-4-6-15/h12-13,15,17H,2-10H2,1H3/t17-/m1/s1. The van der Waals surface area contributed by atoms with E-state index in [0.717, 1.165) is 31.6 Å². The fraction of sp³-hybridized carbons (Fsp3) is 0.667. The molecule has 1 amide bonds. The first-order chi connectivity index (χ1) is 11.7. The molecule has 2 fully saturated rings. The van der Waals surface area contributed by atoms with Gasteiger partial charge in [-0.05, 0) is 25.7 Å². The molecule has 1 aliphatic heterocycles. The summed E-state index contributed by atoms with van der Waals surface area (Å²) in [5.41, 5.74) is 1.21. The summed E-state index contributed by atoms with van der Waals surface area (Å²) in [5.74, 6) is 0.433. The van der Waals surface area contributed by atoms with Gasteiger partial charge in [-0.1, -0.05) is 19.3 Å². The highest BCUT2D eigenvalue weighted by molar-refractivity contribution is 5.92. The molecule has 3 rings (SSSR count). The van der Waals surface area contributed by atoms with Crippen molar-refractivity contribution in [3.05, 3.63) is 23.8 Å². The molecule has 6 heteroatoms. The summed E-state index contributed by atoms with van der Waals surface area (Å²) in [6, 6.07) is 2.53. The summed E-state index contributed by atoms with van der Waals surface area (Å²) in [5, 5.41) is 9.62. The van der Waals surface area contributed by atoms with Gasteiger partial charge in [0.15, 0.2) is 0 Å². The van der Waals surface area contributed by atoms with Gasteiger partial charge in [0.1, 0.15) is 11.7 Å². The molecule has 0 aromatic carbocycles. The van der Waals surface area contributed by atoms with Gasteiger partial charge in [0.2, 0.25) is 0 Å². The SMILES string of the molecule is Cc1cnc(C(=O)N2CCN([C@H](C#N)C3CCCCC3)CC2)cn1. The number of nitriles is 1. The Bertz CT molecular complexity index is 595. The van der Waals surface area contributed by atoms with Crippen molar-refractivity contribution < 1.29 is 4.79 Å². The molecular formula is C18H25N5O. The highest BCUT2D eigenvalue weighted by atomic mass is 16.2. The van der Waals surface area contributed by atoms with E-state index in [4.69, 9.17) is 0 Å². The fourth-order valence-electron chi connectivity index (χ4n) is 3.80. The number of hydrogen-bond acceptors (Lipinski definition) is 5. The van der Waals surface area contributed by atoms with Gasteiger partial charge >= 0.3 is 0 Å². The van der Waals surface area contributed by atoms with E-state index in [1.165, 1.54) is 19.3 Å². The molecule has 0 radical (unpaired) electrons. The van der Waals surface area contributed by atoms with E-state index >= 15 is 0 Å². The van der Waals surface area contributed by atoms with Crippen molar-refractivity contribution in [1.29, 1.82) is 5.26 Å². The molecule has 2 heterocycles. The molecule has 24 heavy (non-hydrogen) atoms. The molecule has 1 aromatic rings. The second kappa shape index (κ2) is 7.71. The zero-order valence-electron chi connectivity index (χ0n) is 14.3. The maximum atomic E-state index is 12.5. The van der Waals surface area contributed by atoms with Crippen LogP contribution in [0.25, 0.3) is 0 Å². The van der Waals surface area contributed by atoms with Gasteiger partial charge < -0.3 is 4.90 Å². The molecule has 0 bridgehead atoms. The van der Waals surface area contributed by atoms with Crippen molar-refractivity contribution >= 4 is 5.91 Å². The van der Waals surface area contributed by atoms with Gasteiger partial charge in [-0.15, -0.1) is 0 Å². The molecule has 2 aliphatic rings. The molecule has 1 aromatic heterocycles. The lowest BCUT2D eigenvalue weighted by Crippen LogP contribution is -2.53. The number of aromatic nitrogens is 2. The molecule has 1 saturated carbocycles. The average Bonchev–Trinajstić information content (AvgIpc) is 2.64. The summed E-state index contributed by atoms with van der Waals surface area (Å²) in [7, 11) is 0. The summed E-state index contributed by atoms with van der Waals surface area (Å²) in [6.45, 7) is 4.69. The number of aryl methyl sites for hydroxylation is 1. The Kier molecular flexibility index (Phi) is 5.41. The van der Waals surface area contributed by atoms with Gasteiger partial charge in [0.05, 0.1) is 18.0 Å². The van der Waals surface area contributed by atoms with Crippen molar-refractivity contribution in [2.75, 3.05) is 26.2 Å². The number of amides is 1. The molecule has 0 spiro atoms. The van der Waals surface area contributed by atoms with E-state index in [0.29, 0.717) is 24.7 Å². The van der Waals surface area contributed by atoms with Gasteiger partial charge in [-0.3, -0.25) is 14.7 Å². The Labute approximate surface area is 143 Å². The Balaban J connectivity index is 1.57. The maximum absolute atomic E-state index is 12.5. The summed E-state index contributed by atoms with van der Waals surface area (Å²) >= 11 is 0. The summed E-state index contributed by atoms with van der Waals surface area (Å²) in [6.07, 6.45) is 9.28. The van der Waals surface area contributed by atoms with Crippen molar-refractivity contribution in [3.63, 3.8) is 0 Å². The second-order valence-electron chi connectivity index (χ2n) is 6.84. The zero-order valence-corrected chi connectivity index (χ0v) is 14.3. The number of rotatable bonds is 3. The van der Waals surface area contributed by atoms with E-state index in [1.54, 1.807) is 12.4 Å². The molecule has 6 nitrogen and oxygen atoms in total. The van der Waals surface area contributed by atoms with E-state index in [1.807, 2.05) is 11.8 Å². The van der Waals surface area contributed by atoms with Crippen LogP contribution >= 0.6 is 0 Å². The second-order valence-corrected chi connectivity index (χ2v) is 6.84. The maximum Gasteiger partial charge on any atom is 0.274 e. The summed E-state index contributed by atoms with van der Waals surface area (Å²) < 4.78 is 0. The lowest BCUT2D eigenvalue weighted by molar-refractivity contribution is 0.0533. The molecule has 0 unspecified atom stereocenters. The van der Waals surface area contributed by atoms with E-state index in [9.17, 15) is 10.1 Å². The molecule has 1 atom stereocenters. The van der Waals surface area contributed by atoms with Crippen LogP contribution in [0.3, 0.4) is 0 Å². The minimum absolute atomic E-state index is 0.00159. The van der Waals surface area contributed by atoms with Crippen LogP contribution in [-0.2, 0) is 0 Å². The third-order valence-electron chi connectivity index (χ3n) is 5.22. The third-order valence-corrected chi connectivity index (χ3v) is 5.22. The number of hydrogen-bond donors (Lipinski definition) is 0. The highest BCUT2D eigenvalue weighted by Gasteiger charge is 2.32. The van der Waals surface area contributed by atoms with Gasteiger partial charge in [-0.25, -0.2) is 4.98 Å². The normalized spacial score (nSPS) is 21.2. The van der Waals surface area contributed by atoms with Gasteiger partial charge in [-0.2, -0.15) is 5.26 Å². The predicted octanol–water partition coefficient (Wildman–Crippen LogP) is 2.02. The number of carbonyl (C=O) groups is 1. The smallest absolute Gasteiger partial charge is 0.274 e. The topological polar surface area (TPSA) is 73.1 Å². The largest absolute Gasteiger partial charge is 0.335 e. The van der Waals surface area contributed by atoms with Crippen LogP contribution in [0.1, 0.15) is 48.3 Å². The molecule has 1 saturated heterocycles. The van der Waals surface area contributed by atoms with Crippen molar-refractivity contribution in [2.24, 2.45) is 5.92 Å². The molecule has 0 N–H and O–H groups in total. The van der Waals surface area contributed by atoms with Crippen molar-refractivity contribution in [1.82, 2.24) is 19.8 Å². The lowest BCUT2D eigenvalue weighted by Gasteiger charge is -2.40. The quantitative estimate of drug-likeness (QED) is 0.849. The molecule has 1 aliphatic carbocycles. The van der Waals surface area contributed by atoms with Crippen molar-refractivity contribution in [3.8, 4) is 6.07 Å². The van der Waals surface area contributed by atoms with Crippen LogP contribution in [0, 0.1) is 24.2 Å². The van der Waals surface area contributed by atoms with E-state index in [-0.39, 0.29) is 11.9 Å². The fourth-order valence-corrected chi connectivity index (χ4v) is 3.80. The van der Waals surface area contributed by atoms with Crippen LogP contribution in [-0.4, -0.2) is 57.9 Å². The van der Waals surface area contributed by atoms with Crippen LogP contribution in [0.15, 0.2) is 12.4 Å². The van der Waals surface area contributed by atoms with E-state index < -0.39 is 0 Å². The molecule has 128 valence electrons. The third kappa shape index (κ3) is 3.73. The van der Waals surface area contributed by atoms with Gasteiger partial charge in [0, 0.05) is 32.4 Å². The first-order valence-corrected chi connectivity index (χ1v) is 8.90. The first-order valence-electron chi connectivity index (χ1n) is 8.90. The monoisotopic (exact) mass is 327 g/mol. The Morgan fingerprint density at radius 1 is 1.17 bits per heavy atom. The van der Waals surface area contributed by atoms with Gasteiger partial charge in [0.25, 0.3) is 5.91 Å². The van der Waals surface area contributed by atoms with Crippen molar-refractivity contribution in [2.45, 2.75) is 45.1 Å². The minimum Gasteiger partial charge on any atom is -0.335 e. The lowest BCUT2D eigenvalue weighted by atomic mass is 9.83. The van der Waals surface area contributed by atoms with Crippen LogP contribution in [0.5, 0.6) is 0 Å². The minimum atomic E-state index is -0.0617. The highest BCUT2D eigenvalue weighted by Crippen LogP contribution is 2.29. The number of carbonyl (C=O) groups excluding carboxylic acids is 1. The summed E-state index contributed by atoms with van der Waals surface area (Å²) in [4.78, 5) is 24.9. The Hall–Kier alpha value is -2.00. The van der Waals surface area contributed by atoms with Crippen LogP contribution < -0.4 is 0 Å². The van der Waals surface area contributed by atoms with E-state index in [2.05, 4.69) is 20.9 Å². The Morgan fingerprint density at radius 2 is 1.88 bits per heavy atom. The molecular weight excluding hydrogens is 302 g/mol. The zero-order chi connectivity index (χ0) is 16.9. The first kappa shape index (κ1) is 16.8. The van der Waals surface area contributed by atoms with Crippen LogP contribution in [0.4, 0.5) is 0 Å². The predicted molar refractivity (Wildman–Crippen MR) is 90.2 cm³/mol. The van der Waals surface area contributed by atoms with Crippen LogP contribution in [0.2, 0.25) is 0 Å². The average molecular weight is 327 g/mol.